The van der Waals surface area contributed by atoms with Crippen LogP contribution < -0.4 is 0 Å². The summed E-state index contributed by atoms with van der Waals surface area (Å²) < 4.78 is 0. The summed E-state index contributed by atoms with van der Waals surface area (Å²) in [4.78, 5) is 14.0. The molecule has 0 radical (unpaired) electrons. The SMILES string of the molecule is CCCCC1CCC(C(=O)N(C)CCBr)CC1. The molecule has 100 valence electrons. The Balaban J connectivity index is 2.28. The van der Waals surface area contributed by atoms with E-state index in [-0.39, 0.29) is 0 Å². The summed E-state index contributed by atoms with van der Waals surface area (Å²) in [7, 11) is 1.92. The second kappa shape index (κ2) is 8.12. The third kappa shape index (κ3) is 4.99. The summed E-state index contributed by atoms with van der Waals surface area (Å²) >= 11 is 3.39. The van der Waals surface area contributed by atoms with E-state index >= 15 is 0 Å². The van der Waals surface area contributed by atoms with Crippen molar-refractivity contribution >= 4 is 21.8 Å². The number of hydrogen-bond acceptors (Lipinski definition) is 1. The van der Waals surface area contributed by atoms with Gasteiger partial charge in [-0.15, -0.1) is 0 Å². The molecule has 1 rings (SSSR count). The molecule has 0 N–H and O–H groups in total. The van der Waals surface area contributed by atoms with Crippen LogP contribution in [0.2, 0.25) is 0 Å². The van der Waals surface area contributed by atoms with Crippen molar-refractivity contribution in [3.8, 4) is 0 Å². The van der Waals surface area contributed by atoms with Gasteiger partial charge in [-0.2, -0.15) is 0 Å². The van der Waals surface area contributed by atoms with E-state index in [2.05, 4.69) is 22.9 Å². The van der Waals surface area contributed by atoms with Crippen LogP contribution in [-0.2, 0) is 4.79 Å². The van der Waals surface area contributed by atoms with Crippen molar-refractivity contribution < 1.29 is 4.79 Å². The zero-order valence-corrected chi connectivity index (χ0v) is 12.8. The van der Waals surface area contributed by atoms with Gasteiger partial charge < -0.3 is 4.90 Å². The smallest absolute Gasteiger partial charge is 0.225 e. The van der Waals surface area contributed by atoms with E-state index in [4.69, 9.17) is 0 Å². The van der Waals surface area contributed by atoms with Crippen LogP contribution in [0.15, 0.2) is 0 Å². The van der Waals surface area contributed by atoms with Crippen LogP contribution in [0.5, 0.6) is 0 Å². The first-order chi connectivity index (χ1) is 8.19. The first-order valence-electron chi connectivity index (χ1n) is 7.00. The Morgan fingerprint density at radius 2 is 1.94 bits per heavy atom. The lowest BCUT2D eigenvalue weighted by molar-refractivity contribution is -0.135. The Kier molecular flexibility index (Phi) is 7.17. The normalized spacial score (nSPS) is 24.6. The summed E-state index contributed by atoms with van der Waals surface area (Å²) in [5, 5.41) is 0.876. The molecule has 0 saturated heterocycles. The van der Waals surface area contributed by atoms with Gasteiger partial charge in [0.2, 0.25) is 5.91 Å². The van der Waals surface area contributed by atoms with Gasteiger partial charge in [0, 0.05) is 24.8 Å². The van der Waals surface area contributed by atoms with Gasteiger partial charge in [-0.25, -0.2) is 0 Å². The molecule has 3 heteroatoms. The van der Waals surface area contributed by atoms with Crippen molar-refractivity contribution in [2.75, 3.05) is 18.9 Å². The Labute approximate surface area is 114 Å². The third-order valence-electron chi connectivity index (χ3n) is 3.96. The highest BCUT2D eigenvalue weighted by atomic mass is 79.9. The van der Waals surface area contributed by atoms with E-state index in [1.165, 1.54) is 32.1 Å². The molecule has 1 aliphatic rings. The van der Waals surface area contributed by atoms with Crippen LogP contribution in [0.3, 0.4) is 0 Å². The summed E-state index contributed by atoms with van der Waals surface area (Å²) in [6.07, 6.45) is 8.77. The standard InChI is InChI=1S/C14H26BrNO/c1-3-4-5-12-6-8-13(9-7-12)14(17)16(2)11-10-15/h12-13H,3-11H2,1-2H3. The molecule has 0 atom stereocenters. The van der Waals surface area contributed by atoms with Crippen molar-refractivity contribution in [2.45, 2.75) is 51.9 Å². The number of amides is 1. The maximum Gasteiger partial charge on any atom is 0.225 e. The minimum Gasteiger partial charge on any atom is -0.345 e. The van der Waals surface area contributed by atoms with Crippen LogP contribution >= 0.6 is 15.9 Å². The van der Waals surface area contributed by atoms with Gasteiger partial charge in [-0.05, 0) is 31.6 Å². The molecule has 1 aliphatic carbocycles. The monoisotopic (exact) mass is 303 g/mol. The molecule has 0 aromatic carbocycles. The molecule has 1 fully saturated rings. The van der Waals surface area contributed by atoms with Crippen molar-refractivity contribution in [3.63, 3.8) is 0 Å². The fourth-order valence-corrected chi connectivity index (χ4v) is 3.27. The Hall–Kier alpha value is -0.0500. The van der Waals surface area contributed by atoms with Gasteiger partial charge in [0.1, 0.15) is 0 Å². The zero-order valence-electron chi connectivity index (χ0n) is 11.3. The Morgan fingerprint density at radius 3 is 2.47 bits per heavy atom. The van der Waals surface area contributed by atoms with E-state index < -0.39 is 0 Å². The lowest BCUT2D eigenvalue weighted by atomic mass is 9.79. The molecular formula is C14H26BrNO. The molecule has 17 heavy (non-hydrogen) atoms. The van der Waals surface area contributed by atoms with E-state index in [9.17, 15) is 4.79 Å². The first kappa shape index (κ1) is 15.0. The molecule has 0 unspecified atom stereocenters. The van der Waals surface area contributed by atoms with Gasteiger partial charge in [0.25, 0.3) is 0 Å². The predicted molar refractivity (Wildman–Crippen MR) is 76.4 cm³/mol. The molecule has 0 spiro atoms. The van der Waals surface area contributed by atoms with Crippen molar-refractivity contribution in [3.05, 3.63) is 0 Å². The number of hydrogen-bond donors (Lipinski definition) is 0. The van der Waals surface area contributed by atoms with E-state index in [0.29, 0.717) is 11.8 Å². The Morgan fingerprint density at radius 1 is 1.29 bits per heavy atom. The average Bonchev–Trinajstić information content (AvgIpc) is 2.36. The van der Waals surface area contributed by atoms with Crippen molar-refractivity contribution in [2.24, 2.45) is 11.8 Å². The summed E-state index contributed by atoms with van der Waals surface area (Å²) in [6, 6.07) is 0. The van der Waals surface area contributed by atoms with Crippen molar-refractivity contribution in [1.29, 1.82) is 0 Å². The topological polar surface area (TPSA) is 20.3 Å². The molecule has 0 bridgehead atoms. The van der Waals surface area contributed by atoms with E-state index in [1.54, 1.807) is 0 Å². The second-order valence-corrected chi connectivity index (χ2v) is 6.10. The van der Waals surface area contributed by atoms with Crippen LogP contribution in [0.1, 0.15) is 51.9 Å². The number of carbonyl (C=O) groups excluding carboxylic acids is 1. The highest BCUT2D eigenvalue weighted by Gasteiger charge is 2.27. The number of rotatable bonds is 6. The lowest BCUT2D eigenvalue weighted by Crippen LogP contribution is -2.36. The molecule has 0 aromatic rings. The highest BCUT2D eigenvalue weighted by molar-refractivity contribution is 9.09. The minimum absolute atomic E-state index is 0.303. The predicted octanol–water partition coefficient (Wildman–Crippen LogP) is 3.84. The second-order valence-electron chi connectivity index (χ2n) is 5.31. The lowest BCUT2D eigenvalue weighted by Gasteiger charge is -2.30. The largest absolute Gasteiger partial charge is 0.345 e. The maximum absolute atomic E-state index is 12.1. The molecule has 1 saturated carbocycles. The third-order valence-corrected chi connectivity index (χ3v) is 4.31. The fourth-order valence-electron chi connectivity index (χ4n) is 2.74. The average molecular weight is 304 g/mol. The maximum atomic E-state index is 12.1. The van der Waals surface area contributed by atoms with Gasteiger partial charge in [-0.1, -0.05) is 42.1 Å². The summed E-state index contributed by atoms with van der Waals surface area (Å²) in [5.74, 6) is 1.55. The number of alkyl halides is 1. The summed E-state index contributed by atoms with van der Waals surface area (Å²) in [6.45, 7) is 3.08. The van der Waals surface area contributed by atoms with Crippen LogP contribution in [0.25, 0.3) is 0 Å². The fraction of sp³-hybridized carbons (Fsp3) is 0.929. The highest BCUT2D eigenvalue weighted by Crippen LogP contribution is 2.32. The van der Waals surface area contributed by atoms with Crippen molar-refractivity contribution in [1.82, 2.24) is 4.90 Å². The molecule has 0 heterocycles. The number of nitrogens with zero attached hydrogens (tertiary/aromatic N) is 1. The van der Waals surface area contributed by atoms with Gasteiger partial charge in [0.05, 0.1) is 0 Å². The molecule has 1 amide bonds. The number of halogens is 1. The molecule has 2 nitrogen and oxygen atoms in total. The first-order valence-corrected chi connectivity index (χ1v) is 8.12. The summed E-state index contributed by atoms with van der Waals surface area (Å²) in [5.41, 5.74) is 0. The minimum atomic E-state index is 0.303. The van der Waals surface area contributed by atoms with Gasteiger partial charge >= 0.3 is 0 Å². The molecular weight excluding hydrogens is 278 g/mol. The number of unbranched alkanes of at least 4 members (excludes halogenated alkanes) is 1. The van der Waals surface area contributed by atoms with Crippen LogP contribution in [-0.4, -0.2) is 29.7 Å². The quantitative estimate of drug-likeness (QED) is 0.683. The number of carbonyl (C=O) groups is 1. The Bertz CT molecular complexity index is 224. The molecule has 0 aliphatic heterocycles. The van der Waals surface area contributed by atoms with Crippen LogP contribution in [0, 0.1) is 11.8 Å². The van der Waals surface area contributed by atoms with Gasteiger partial charge in [0.15, 0.2) is 0 Å². The molecule has 0 aromatic heterocycles. The zero-order chi connectivity index (χ0) is 12.7. The van der Waals surface area contributed by atoms with Crippen LogP contribution in [0.4, 0.5) is 0 Å². The van der Waals surface area contributed by atoms with E-state index in [1.807, 2.05) is 11.9 Å². The van der Waals surface area contributed by atoms with E-state index in [0.717, 1.165) is 30.6 Å². The van der Waals surface area contributed by atoms with Gasteiger partial charge in [-0.3, -0.25) is 4.79 Å².